The van der Waals surface area contributed by atoms with Gasteiger partial charge in [-0.25, -0.2) is 4.39 Å². The minimum absolute atomic E-state index is 0.281. The first kappa shape index (κ1) is 16.2. The molecule has 0 aliphatic heterocycles. The van der Waals surface area contributed by atoms with Gasteiger partial charge in [0.25, 0.3) is 0 Å². The molecule has 0 aliphatic rings. The van der Waals surface area contributed by atoms with Gasteiger partial charge in [-0.2, -0.15) is 5.10 Å². The van der Waals surface area contributed by atoms with Gasteiger partial charge in [0, 0.05) is 28.7 Å². The molecular formula is C16H21BrFN3. The number of halogens is 2. The summed E-state index contributed by atoms with van der Waals surface area (Å²) in [6, 6.07) is 6.97. The highest BCUT2D eigenvalue weighted by molar-refractivity contribution is 9.10. The van der Waals surface area contributed by atoms with E-state index >= 15 is 0 Å². The largest absolute Gasteiger partial charge is 0.324 e. The van der Waals surface area contributed by atoms with Crippen molar-refractivity contribution in [1.29, 1.82) is 0 Å². The monoisotopic (exact) mass is 353 g/mol. The van der Waals surface area contributed by atoms with Crippen LogP contribution in [0.3, 0.4) is 0 Å². The Hall–Kier alpha value is -1.20. The average molecular weight is 354 g/mol. The summed E-state index contributed by atoms with van der Waals surface area (Å²) in [7, 11) is 0. The summed E-state index contributed by atoms with van der Waals surface area (Å²) in [6.45, 7) is 4.30. The molecule has 3 nitrogen and oxygen atoms in total. The van der Waals surface area contributed by atoms with E-state index in [1.165, 1.54) is 6.07 Å². The van der Waals surface area contributed by atoms with Gasteiger partial charge in [0.05, 0.1) is 11.7 Å². The molecule has 0 amide bonds. The molecule has 1 unspecified atom stereocenters. The molecule has 114 valence electrons. The van der Waals surface area contributed by atoms with Gasteiger partial charge < -0.3 is 5.73 Å². The van der Waals surface area contributed by atoms with Crippen LogP contribution in [0.5, 0.6) is 0 Å². The van der Waals surface area contributed by atoms with E-state index < -0.39 is 0 Å². The van der Waals surface area contributed by atoms with Gasteiger partial charge in [0.15, 0.2) is 0 Å². The van der Waals surface area contributed by atoms with Gasteiger partial charge in [-0.15, -0.1) is 0 Å². The molecule has 0 saturated heterocycles. The zero-order chi connectivity index (χ0) is 15.4. The first-order valence-corrected chi connectivity index (χ1v) is 8.09. The Balaban J connectivity index is 2.11. The maximum Gasteiger partial charge on any atom is 0.129 e. The van der Waals surface area contributed by atoms with Crippen molar-refractivity contribution in [3.63, 3.8) is 0 Å². The fraction of sp³-hybridized carbons (Fsp3) is 0.438. The van der Waals surface area contributed by atoms with E-state index in [0.717, 1.165) is 18.5 Å². The fourth-order valence-electron chi connectivity index (χ4n) is 2.49. The Morgan fingerprint density at radius 3 is 2.62 bits per heavy atom. The molecule has 1 aromatic carbocycles. The van der Waals surface area contributed by atoms with E-state index in [-0.39, 0.29) is 11.9 Å². The van der Waals surface area contributed by atoms with E-state index in [2.05, 4.69) is 34.9 Å². The summed E-state index contributed by atoms with van der Waals surface area (Å²) in [5.74, 6) is -0.281. The number of nitrogens with two attached hydrogens (primary N) is 1. The molecule has 21 heavy (non-hydrogen) atoms. The number of aromatic nitrogens is 2. The van der Waals surface area contributed by atoms with Crippen LogP contribution < -0.4 is 5.73 Å². The fourth-order valence-corrected chi connectivity index (χ4v) is 2.82. The van der Waals surface area contributed by atoms with Crippen molar-refractivity contribution in [2.45, 2.75) is 45.2 Å². The molecule has 5 heteroatoms. The molecule has 0 radical (unpaired) electrons. The molecule has 2 rings (SSSR count). The van der Waals surface area contributed by atoms with Crippen LogP contribution in [0, 0.1) is 5.82 Å². The second-order valence-electron chi connectivity index (χ2n) is 5.23. The molecule has 1 atom stereocenters. The number of nitrogens with zero attached hydrogens (tertiary/aromatic N) is 2. The summed E-state index contributed by atoms with van der Waals surface area (Å²) < 4.78 is 16.6. The number of hydrogen-bond donors (Lipinski definition) is 1. The Morgan fingerprint density at radius 1 is 1.29 bits per heavy atom. The van der Waals surface area contributed by atoms with Gasteiger partial charge in [-0.05, 0) is 31.0 Å². The van der Waals surface area contributed by atoms with Gasteiger partial charge in [0.2, 0.25) is 0 Å². The van der Waals surface area contributed by atoms with E-state index in [1.54, 1.807) is 12.1 Å². The molecule has 0 aliphatic carbocycles. The highest BCUT2D eigenvalue weighted by Gasteiger charge is 2.15. The van der Waals surface area contributed by atoms with Crippen molar-refractivity contribution < 1.29 is 4.39 Å². The Kier molecular flexibility index (Phi) is 5.53. The van der Waals surface area contributed by atoms with Crippen molar-refractivity contribution in [3.8, 4) is 0 Å². The summed E-state index contributed by atoms with van der Waals surface area (Å²) in [5, 5.41) is 4.57. The van der Waals surface area contributed by atoms with Crippen LogP contribution in [-0.2, 0) is 6.42 Å². The van der Waals surface area contributed by atoms with E-state index in [0.29, 0.717) is 22.5 Å². The van der Waals surface area contributed by atoms with E-state index in [1.807, 2.05) is 16.9 Å². The SMILES string of the molecule is CCC(CC)n1ccc(CC(N)c2ccc(Br)cc2F)n1. The van der Waals surface area contributed by atoms with Gasteiger partial charge in [-0.1, -0.05) is 35.8 Å². The lowest BCUT2D eigenvalue weighted by molar-refractivity contribution is 0.424. The number of benzene rings is 1. The molecule has 0 spiro atoms. The van der Waals surface area contributed by atoms with Gasteiger partial charge in [-0.3, -0.25) is 4.68 Å². The van der Waals surface area contributed by atoms with Crippen LogP contribution in [0.2, 0.25) is 0 Å². The molecule has 1 aromatic heterocycles. The van der Waals surface area contributed by atoms with Gasteiger partial charge >= 0.3 is 0 Å². The highest BCUT2D eigenvalue weighted by Crippen LogP contribution is 2.22. The van der Waals surface area contributed by atoms with Crippen LogP contribution in [-0.4, -0.2) is 9.78 Å². The summed E-state index contributed by atoms with van der Waals surface area (Å²) >= 11 is 3.25. The standard InChI is InChI=1S/C16H21BrFN3/c1-3-13(4-2)21-8-7-12(20-21)10-16(19)14-6-5-11(17)9-15(14)18/h5-9,13,16H,3-4,10,19H2,1-2H3. The van der Waals surface area contributed by atoms with Crippen molar-refractivity contribution in [1.82, 2.24) is 9.78 Å². The Morgan fingerprint density at radius 2 is 2.00 bits per heavy atom. The van der Waals surface area contributed by atoms with Crippen LogP contribution >= 0.6 is 15.9 Å². The van der Waals surface area contributed by atoms with E-state index in [4.69, 9.17) is 5.73 Å². The lowest BCUT2D eigenvalue weighted by Gasteiger charge is -2.14. The second kappa shape index (κ2) is 7.18. The van der Waals surface area contributed by atoms with Crippen molar-refractivity contribution >= 4 is 15.9 Å². The van der Waals surface area contributed by atoms with Crippen LogP contribution in [0.4, 0.5) is 4.39 Å². The third kappa shape index (κ3) is 3.92. The average Bonchev–Trinajstić information content (AvgIpc) is 2.88. The predicted molar refractivity (Wildman–Crippen MR) is 86.6 cm³/mol. The van der Waals surface area contributed by atoms with Crippen LogP contribution in [0.1, 0.15) is 50.0 Å². The predicted octanol–water partition coefficient (Wildman–Crippen LogP) is 4.39. The highest BCUT2D eigenvalue weighted by atomic mass is 79.9. The Bertz CT molecular complexity index is 593. The third-order valence-electron chi connectivity index (χ3n) is 3.77. The van der Waals surface area contributed by atoms with Crippen molar-refractivity contribution in [2.24, 2.45) is 5.73 Å². The minimum atomic E-state index is -0.386. The second-order valence-corrected chi connectivity index (χ2v) is 6.15. The normalized spacial score (nSPS) is 12.9. The van der Waals surface area contributed by atoms with Crippen molar-refractivity contribution in [2.75, 3.05) is 0 Å². The maximum atomic E-state index is 13.9. The van der Waals surface area contributed by atoms with Crippen molar-refractivity contribution in [3.05, 3.63) is 52.0 Å². The van der Waals surface area contributed by atoms with Crippen LogP contribution in [0.15, 0.2) is 34.9 Å². The maximum absolute atomic E-state index is 13.9. The van der Waals surface area contributed by atoms with E-state index in [9.17, 15) is 4.39 Å². The summed E-state index contributed by atoms with van der Waals surface area (Å²) in [6.07, 6.45) is 4.61. The lowest BCUT2D eigenvalue weighted by Crippen LogP contribution is -2.16. The molecule has 0 fully saturated rings. The molecule has 0 saturated carbocycles. The number of rotatable bonds is 6. The minimum Gasteiger partial charge on any atom is -0.324 e. The van der Waals surface area contributed by atoms with Crippen LogP contribution in [0.25, 0.3) is 0 Å². The zero-order valence-electron chi connectivity index (χ0n) is 12.4. The smallest absolute Gasteiger partial charge is 0.129 e. The summed E-state index contributed by atoms with van der Waals surface area (Å²) in [4.78, 5) is 0. The summed E-state index contributed by atoms with van der Waals surface area (Å²) in [5.41, 5.74) is 7.55. The Labute approximate surface area is 133 Å². The quantitative estimate of drug-likeness (QED) is 0.836. The topological polar surface area (TPSA) is 43.8 Å². The van der Waals surface area contributed by atoms with Gasteiger partial charge in [0.1, 0.15) is 5.82 Å². The number of hydrogen-bond acceptors (Lipinski definition) is 2. The molecule has 2 N–H and O–H groups in total. The molecule has 0 bridgehead atoms. The first-order chi connectivity index (χ1) is 10.0. The first-order valence-electron chi connectivity index (χ1n) is 7.29. The molecule has 1 heterocycles. The molecule has 2 aromatic rings. The lowest BCUT2D eigenvalue weighted by atomic mass is 10.0. The molecular weight excluding hydrogens is 333 g/mol. The zero-order valence-corrected chi connectivity index (χ0v) is 14.0. The third-order valence-corrected chi connectivity index (χ3v) is 4.26.